The summed E-state index contributed by atoms with van der Waals surface area (Å²) in [4.78, 5) is 4.33. The summed E-state index contributed by atoms with van der Waals surface area (Å²) >= 11 is 11.7. The predicted molar refractivity (Wildman–Crippen MR) is 70.9 cm³/mol. The Kier molecular flexibility index (Phi) is 4.52. The van der Waals surface area contributed by atoms with Gasteiger partial charge in [-0.1, -0.05) is 24.9 Å². The standard InChI is InChI=1S/C13H17Cl2NO/c1-9-4-2-3-5-12(9)17-13-7-6-10(15)11(8-14)16-13/h6-7,9,12H,2-5,8H2,1H3. The van der Waals surface area contributed by atoms with Crippen LogP contribution in [0.15, 0.2) is 12.1 Å². The van der Waals surface area contributed by atoms with Crippen molar-refractivity contribution in [2.24, 2.45) is 5.92 Å². The molecule has 1 saturated carbocycles. The first kappa shape index (κ1) is 13.0. The molecular formula is C13H17Cl2NO. The summed E-state index contributed by atoms with van der Waals surface area (Å²) < 4.78 is 5.94. The maximum atomic E-state index is 5.97. The smallest absolute Gasteiger partial charge is 0.213 e. The zero-order chi connectivity index (χ0) is 12.3. The van der Waals surface area contributed by atoms with E-state index in [1.54, 1.807) is 6.07 Å². The number of hydrogen-bond acceptors (Lipinski definition) is 2. The highest BCUT2D eigenvalue weighted by molar-refractivity contribution is 6.32. The second-order valence-electron chi connectivity index (χ2n) is 4.63. The molecule has 1 aliphatic carbocycles. The van der Waals surface area contributed by atoms with Gasteiger partial charge in [-0.15, -0.1) is 11.6 Å². The van der Waals surface area contributed by atoms with Gasteiger partial charge < -0.3 is 4.74 Å². The molecule has 0 amide bonds. The number of nitrogens with zero attached hydrogens (tertiary/aromatic N) is 1. The third-order valence-corrected chi connectivity index (χ3v) is 3.92. The molecule has 2 rings (SSSR count). The molecule has 1 fully saturated rings. The summed E-state index contributed by atoms with van der Waals surface area (Å²) in [5, 5.41) is 0.601. The molecule has 2 nitrogen and oxygen atoms in total. The molecule has 17 heavy (non-hydrogen) atoms. The molecular weight excluding hydrogens is 257 g/mol. The lowest BCUT2D eigenvalue weighted by atomic mass is 9.88. The van der Waals surface area contributed by atoms with E-state index < -0.39 is 0 Å². The van der Waals surface area contributed by atoms with E-state index >= 15 is 0 Å². The van der Waals surface area contributed by atoms with Crippen molar-refractivity contribution in [2.45, 2.75) is 44.6 Å². The molecule has 1 aromatic heterocycles. The molecule has 1 aromatic rings. The van der Waals surface area contributed by atoms with Crippen LogP contribution in [0.3, 0.4) is 0 Å². The first-order chi connectivity index (χ1) is 8.20. The van der Waals surface area contributed by atoms with Crippen LogP contribution in [0.1, 0.15) is 38.3 Å². The summed E-state index contributed by atoms with van der Waals surface area (Å²) in [7, 11) is 0. The molecule has 2 atom stereocenters. The monoisotopic (exact) mass is 273 g/mol. The molecule has 1 aliphatic rings. The number of halogens is 2. The fraction of sp³-hybridized carbons (Fsp3) is 0.615. The Balaban J connectivity index is 2.07. The third kappa shape index (κ3) is 3.26. The van der Waals surface area contributed by atoms with Gasteiger partial charge in [0.1, 0.15) is 6.10 Å². The van der Waals surface area contributed by atoms with Gasteiger partial charge in [-0.05, 0) is 31.2 Å². The molecule has 0 aliphatic heterocycles. The maximum Gasteiger partial charge on any atom is 0.213 e. The molecule has 0 aromatic carbocycles. The van der Waals surface area contributed by atoms with Crippen LogP contribution in [0.25, 0.3) is 0 Å². The van der Waals surface area contributed by atoms with Crippen molar-refractivity contribution in [1.29, 1.82) is 0 Å². The lowest BCUT2D eigenvalue weighted by molar-refractivity contribution is 0.0974. The normalized spacial score (nSPS) is 24.6. The molecule has 94 valence electrons. The van der Waals surface area contributed by atoms with E-state index in [-0.39, 0.29) is 6.10 Å². The van der Waals surface area contributed by atoms with Crippen LogP contribution in [0.5, 0.6) is 5.88 Å². The zero-order valence-corrected chi connectivity index (χ0v) is 11.5. The van der Waals surface area contributed by atoms with E-state index in [4.69, 9.17) is 27.9 Å². The van der Waals surface area contributed by atoms with Crippen LogP contribution in [0.2, 0.25) is 5.02 Å². The van der Waals surface area contributed by atoms with Crippen LogP contribution in [0, 0.1) is 5.92 Å². The molecule has 2 unspecified atom stereocenters. The highest BCUT2D eigenvalue weighted by atomic mass is 35.5. The zero-order valence-electron chi connectivity index (χ0n) is 9.96. The Morgan fingerprint density at radius 1 is 1.35 bits per heavy atom. The molecule has 0 N–H and O–H groups in total. The van der Waals surface area contributed by atoms with Gasteiger partial charge in [0.05, 0.1) is 16.6 Å². The fourth-order valence-electron chi connectivity index (χ4n) is 2.24. The van der Waals surface area contributed by atoms with Gasteiger partial charge in [0.15, 0.2) is 0 Å². The SMILES string of the molecule is CC1CCCCC1Oc1ccc(Cl)c(CCl)n1. The van der Waals surface area contributed by atoms with Crippen molar-refractivity contribution in [1.82, 2.24) is 4.98 Å². The summed E-state index contributed by atoms with van der Waals surface area (Å²) in [5.41, 5.74) is 0.689. The van der Waals surface area contributed by atoms with Crippen LogP contribution < -0.4 is 4.74 Å². The quantitative estimate of drug-likeness (QED) is 0.760. The first-order valence-electron chi connectivity index (χ1n) is 6.08. The van der Waals surface area contributed by atoms with Crippen LogP contribution in [-0.4, -0.2) is 11.1 Å². The largest absolute Gasteiger partial charge is 0.474 e. The van der Waals surface area contributed by atoms with Crippen LogP contribution in [-0.2, 0) is 5.88 Å². The molecule has 0 radical (unpaired) electrons. The van der Waals surface area contributed by atoms with Gasteiger partial charge >= 0.3 is 0 Å². The van der Waals surface area contributed by atoms with Gasteiger partial charge in [0.25, 0.3) is 0 Å². The van der Waals surface area contributed by atoms with Crippen LogP contribution in [0.4, 0.5) is 0 Å². The number of pyridine rings is 1. The van der Waals surface area contributed by atoms with E-state index in [9.17, 15) is 0 Å². The Morgan fingerprint density at radius 3 is 2.82 bits per heavy atom. The van der Waals surface area contributed by atoms with E-state index in [0.717, 1.165) is 6.42 Å². The number of ether oxygens (including phenoxy) is 1. The minimum Gasteiger partial charge on any atom is -0.474 e. The summed E-state index contributed by atoms with van der Waals surface area (Å²) in [6.07, 6.45) is 5.18. The molecule has 0 saturated heterocycles. The van der Waals surface area contributed by atoms with E-state index in [0.29, 0.717) is 28.4 Å². The topological polar surface area (TPSA) is 22.1 Å². The Morgan fingerprint density at radius 2 is 2.12 bits per heavy atom. The summed E-state index contributed by atoms with van der Waals surface area (Å²) in [6, 6.07) is 3.62. The molecule has 0 bridgehead atoms. The maximum absolute atomic E-state index is 5.97. The van der Waals surface area contributed by atoms with Crippen LogP contribution >= 0.6 is 23.2 Å². The van der Waals surface area contributed by atoms with E-state index in [1.165, 1.54) is 19.3 Å². The number of aromatic nitrogens is 1. The van der Waals surface area contributed by atoms with Crippen molar-refractivity contribution in [3.8, 4) is 5.88 Å². The number of rotatable bonds is 3. The Hall–Kier alpha value is -0.470. The summed E-state index contributed by atoms with van der Waals surface area (Å²) in [5.74, 6) is 1.56. The van der Waals surface area contributed by atoms with Crippen molar-refractivity contribution in [3.05, 3.63) is 22.8 Å². The van der Waals surface area contributed by atoms with Crippen molar-refractivity contribution in [2.75, 3.05) is 0 Å². The fourth-order valence-corrected chi connectivity index (χ4v) is 2.68. The number of alkyl halides is 1. The first-order valence-corrected chi connectivity index (χ1v) is 7.00. The van der Waals surface area contributed by atoms with Gasteiger partial charge in [-0.2, -0.15) is 0 Å². The average molecular weight is 274 g/mol. The van der Waals surface area contributed by atoms with Crippen molar-refractivity contribution >= 4 is 23.2 Å². The lowest BCUT2D eigenvalue weighted by Gasteiger charge is -2.28. The van der Waals surface area contributed by atoms with Crippen molar-refractivity contribution in [3.63, 3.8) is 0 Å². The Bertz CT molecular complexity index is 384. The minimum atomic E-state index is 0.278. The van der Waals surface area contributed by atoms with Gasteiger partial charge in [-0.3, -0.25) is 0 Å². The van der Waals surface area contributed by atoms with Gasteiger partial charge in [0.2, 0.25) is 5.88 Å². The second kappa shape index (κ2) is 5.92. The Labute approximate surface area is 112 Å². The minimum absolute atomic E-state index is 0.278. The molecule has 0 spiro atoms. The second-order valence-corrected chi connectivity index (χ2v) is 5.30. The highest BCUT2D eigenvalue weighted by Gasteiger charge is 2.23. The number of hydrogen-bond donors (Lipinski definition) is 0. The average Bonchev–Trinajstić information content (AvgIpc) is 2.34. The van der Waals surface area contributed by atoms with E-state index in [2.05, 4.69) is 11.9 Å². The molecule has 4 heteroatoms. The third-order valence-electron chi connectivity index (χ3n) is 3.32. The van der Waals surface area contributed by atoms with Gasteiger partial charge in [0, 0.05) is 6.07 Å². The van der Waals surface area contributed by atoms with Crippen molar-refractivity contribution < 1.29 is 4.74 Å². The summed E-state index contributed by atoms with van der Waals surface area (Å²) in [6.45, 7) is 2.24. The highest BCUT2D eigenvalue weighted by Crippen LogP contribution is 2.28. The lowest BCUT2D eigenvalue weighted by Crippen LogP contribution is -2.28. The van der Waals surface area contributed by atoms with Gasteiger partial charge in [-0.25, -0.2) is 4.98 Å². The predicted octanol–water partition coefficient (Wildman–Crippen LogP) is 4.43. The van der Waals surface area contributed by atoms with E-state index in [1.807, 2.05) is 6.07 Å². The molecule has 1 heterocycles.